The van der Waals surface area contributed by atoms with Gasteiger partial charge in [-0.1, -0.05) is 20.3 Å². The molecule has 0 saturated carbocycles. The van der Waals surface area contributed by atoms with Gasteiger partial charge in [0.25, 0.3) is 10.0 Å². The Balaban J connectivity index is 0. The van der Waals surface area contributed by atoms with Crippen LogP contribution in [0, 0.1) is 0 Å². The SMILES string of the molecule is CCCCO.CCNS(=O)(=O)C(F)(F)C(F)(F)C(F)(F)C(F)(F)C(F)(F)C(F)(F)C(F)(F)C(F)(F)F. The summed E-state index contributed by atoms with van der Waals surface area (Å²) in [7, 11) is -7.15. The van der Waals surface area contributed by atoms with E-state index in [4.69, 9.17) is 5.11 Å². The van der Waals surface area contributed by atoms with Gasteiger partial charge in [0.05, 0.1) is 0 Å². The Bertz CT molecular complexity index is 821. The summed E-state index contributed by atoms with van der Waals surface area (Å²) >= 11 is 0. The van der Waals surface area contributed by atoms with Crippen LogP contribution in [0.3, 0.4) is 0 Å². The van der Waals surface area contributed by atoms with Crippen LogP contribution in [0.5, 0.6) is 0 Å². The molecule has 0 aromatic rings. The van der Waals surface area contributed by atoms with Crippen molar-refractivity contribution < 1.29 is 88.2 Å². The van der Waals surface area contributed by atoms with Gasteiger partial charge in [0.2, 0.25) is 0 Å². The molecule has 4 nitrogen and oxygen atoms in total. The van der Waals surface area contributed by atoms with Crippen molar-refractivity contribution in [2.45, 2.75) is 73.7 Å². The molecule has 0 rings (SSSR count). The molecule has 0 aliphatic heterocycles. The molecular formula is C14H16F17NO3S. The molecular weight excluding hydrogens is 585 g/mol. The van der Waals surface area contributed by atoms with E-state index in [0.29, 0.717) is 18.3 Å². The molecule has 220 valence electrons. The normalized spacial score (nSPS) is 15.4. The smallest absolute Gasteiger partial charge is 0.396 e. The van der Waals surface area contributed by atoms with Gasteiger partial charge in [-0.2, -0.15) is 74.6 Å². The first-order chi connectivity index (χ1) is 15.5. The Kier molecular flexibility index (Phi) is 11.1. The van der Waals surface area contributed by atoms with E-state index in [-0.39, 0.29) is 0 Å². The van der Waals surface area contributed by atoms with Crippen LogP contribution in [-0.4, -0.2) is 73.6 Å². The zero-order chi connectivity index (χ0) is 30.0. The van der Waals surface area contributed by atoms with Gasteiger partial charge in [-0.05, 0) is 6.42 Å². The minimum Gasteiger partial charge on any atom is -0.396 e. The summed E-state index contributed by atoms with van der Waals surface area (Å²) in [5.74, 6) is -51.4. The Hall–Kier alpha value is -1.32. The van der Waals surface area contributed by atoms with E-state index in [1.165, 1.54) is 0 Å². The first-order valence-corrected chi connectivity index (χ1v) is 10.3. The predicted octanol–water partition coefficient (Wildman–Crippen LogP) is 5.67. The van der Waals surface area contributed by atoms with E-state index in [2.05, 4.69) is 6.92 Å². The van der Waals surface area contributed by atoms with Crippen LogP contribution >= 0.6 is 0 Å². The highest BCUT2D eigenvalue weighted by Gasteiger charge is 2.96. The summed E-state index contributed by atoms with van der Waals surface area (Å²) in [6.45, 7) is 1.58. The van der Waals surface area contributed by atoms with Crippen LogP contribution < -0.4 is 4.72 Å². The molecule has 0 atom stereocenters. The first kappa shape index (κ1) is 36.8. The van der Waals surface area contributed by atoms with Crippen molar-refractivity contribution >= 4 is 10.0 Å². The van der Waals surface area contributed by atoms with Crippen molar-refractivity contribution in [3.05, 3.63) is 0 Å². The Morgan fingerprint density at radius 2 is 0.889 bits per heavy atom. The number of halogens is 17. The summed E-state index contributed by atoms with van der Waals surface area (Å²) in [5.41, 5.74) is 0. The van der Waals surface area contributed by atoms with Gasteiger partial charge in [0.1, 0.15) is 0 Å². The summed E-state index contributed by atoms with van der Waals surface area (Å²) in [4.78, 5) is 0. The number of aliphatic hydroxyl groups is 1. The molecule has 0 bridgehead atoms. The summed E-state index contributed by atoms with van der Waals surface area (Å²) in [5, 5.41) is 0.567. The van der Waals surface area contributed by atoms with Crippen LogP contribution in [0.4, 0.5) is 74.6 Å². The number of nitrogens with one attached hydrogen (secondary N) is 1. The molecule has 36 heavy (non-hydrogen) atoms. The lowest BCUT2D eigenvalue weighted by Crippen LogP contribution is -2.75. The molecule has 0 radical (unpaired) electrons. The zero-order valence-corrected chi connectivity index (χ0v) is 18.2. The molecule has 0 spiro atoms. The molecule has 0 aromatic heterocycles. The highest BCUT2D eigenvalue weighted by atomic mass is 32.2. The number of unbranched alkanes of at least 4 members (excludes halogenated alkanes) is 1. The first-order valence-electron chi connectivity index (χ1n) is 8.79. The Labute approximate surface area is 190 Å². The van der Waals surface area contributed by atoms with Crippen molar-refractivity contribution in [1.82, 2.24) is 4.72 Å². The lowest BCUT2D eigenvalue weighted by molar-refractivity contribution is -0.458. The highest BCUT2D eigenvalue weighted by molar-refractivity contribution is 7.90. The van der Waals surface area contributed by atoms with E-state index >= 15 is 0 Å². The summed E-state index contributed by atoms with van der Waals surface area (Å²) in [6, 6.07) is 0. The van der Waals surface area contributed by atoms with Gasteiger partial charge in [-0.15, -0.1) is 0 Å². The second-order valence-corrected chi connectivity index (χ2v) is 8.35. The molecule has 0 saturated heterocycles. The fourth-order valence-electron chi connectivity index (χ4n) is 1.76. The third-order valence-electron chi connectivity index (χ3n) is 3.88. The fourth-order valence-corrected chi connectivity index (χ4v) is 2.78. The van der Waals surface area contributed by atoms with Crippen LogP contribution in [0.2, 0.25) is 0 Å². The van der Waals surface area contributed by atoms with Gasteiger partial charge >= 0.3 is 47.0 Å². The second kappa shape index (κ2) is 10.8. The van der Waals surface area contributed by atoms with Crippen molar-refractivity contribution in [3.63, 3.8) is 0 Å². The third-order valence-corrected chi connectivity index (χ3v) is 5.48. The number of hydrogen-bond donors (Lipinski definition) is 2. The maximum absolute atomic E-state index is 13.4. The molecule has 2 N–H and O–H groups in total. The van der Waals surface area contributed by atoms with Gasteiger partial charge in [-0.3, -0.25) is 0 Å². The van der Waals surface area contributed by atoms with Crippen molar-refractivity contribution in [2.75, 3.05) is 13.2 Å². The molecule has 0 heterocycles. The van der Waals surface area contributed by atoms with Gasteiger partial charge in [0, 0.05) is 13.2 Å². The maximum atomic E-state index is 13.4. The molecule has 22 heteroatoms. The second-order valence-electron chi connectivity index (χ2n) is 6.54. The Morgan fingerprint density at radius 1 is 0.583 bits per heavy atom. The monoisotopic (exact) mass is 601 g/mol. The summed E-state index contributed by atoms with van der Waals surface area (Å²) in [6.07, 6.45) is -5.82. The van der Waals surface area contributed by atoms with Crippen molar-refractivity contribution in [2.24, 2.45) is 0 Å². The van der Waals surface area contributed by atoms with Gasteiger partial charge in [0.15, 0.2) is 0 Å². The number of alkyl halides is 17. The topological polar surface area (TPSA) is 66.4 Å². The fraction of sp³-hybridized carbons (Fsp3) is 1.00. The lowest BCUT2D eigenvalue weighted by atomic mass is 9.91. The van der Waals surface area contributed by atoms with Crippen LogP contribution in [0.25, 0.3) is 0 Å². The minimum absolute atomic E-state index is 0.344. The predicted molar refractivity (Wildman–Crippen MR) is 85.3 cm³/mol. The number of aliphatic hydroxyl groups excluding tert-OH is 1. The van der Waals surface area contributed by atoms with Crippen LogP contribution in [0.15, 0.2) is 0 Å². The van der Waals surface area contributed by atoms with Gasteiger partial charge in [-0.25, -0.2) is 13.1 Å². The van der Waals surface area contributed by atoms with E-state index < -0.39 is 63.5 Å². The number of hydrogen-bond acceptors (Lipinski definition) is 3. The average molecular weight is 601 g/mol. The molecule has 0 unspecified atom stereocenters. The quantitative estimate of drug-likeness (QED) is 0.300. The molecule has 0 fully saturated rings. The van der Waals surface area contributed by atoms with Gasteiger partial charge < -0.3 is 5.11 Å². The minimum atomic E-state index is -8.81. The molecule has 0 aliphatic rings. The van der Waals surface area contributed by atoms with Crippen molar-refractivity contribution in [3.8, 4) is 0 Å². The Morgan fingerprint density at radius 3 is 1.11 bits per heavy atom. The van der Waals surface area contributed by atoms with E-state index in [0.717, 1.165) is 12.8 Å². The largest absolute Gasteiger partial charge is 0.460 e. The van der Waals surface area contributed by atoms with E-state index in [1.54, 1.807) is 0 Å². The maximum Gasteiger partial charge on any atom is 0.460 e. The standard InChI is InChI=1S/C10H6F17NO2S.C4H10O/c1-2-28-31(29,30)10(26,27)8(21,22)6(17,18)4(13,14)3(11,12)5(15,16)7(19,20)9(23,24)25;1-2-3-4-5/h28H,2H2,1H3;5H,2-4H2,1H3. The zero-order valence-electron chi connectivity index (χ0n) is 17.4. The summed E-state index contributed by atoms with van der Waals surface area (Å²) < 4.78 is 242. The van der Waals surface area contributed by atoms with E-state index in [1.807, 2.05) is 0 Å². The molecule has 0 aliphatic carbocycles. The van der Waals surface area contributed by atoms with Crippen molar-refractivity contribution in [1.29, 1.82) is 0 Å². The van der Waals surface area contributed by atoms with E-state index in [9.17, 15) is 83.1 Å². The van der Waals surface area contributed by atoms with Crippen LogP contribution in [-0.2, 0) is 10.0 Å². The number of rotatable bonds is 11. The van der Waals surface area contributed by atoms with Crippen LogP contribution in [0.1, 0.15) is 26.7 Å². The number of sulfonamides is 1. The molecule has 0 amide bonds. The average Bonchev–Trinajstić information content (AvgIpc) is 2.67. The lowest BCUT2D eigenvalue weighted by Gasteiger charge is -2.42. The highest BCUT2D eigenvalue weighted by Crippen LogP contribution is 2.64. The molecule has 0 aromatic carbocycles. The third kappa shape index (κ3) is 5.58.